The van der Waals surface area contributed by atoms with E-state index >= 15 is 0 Å². The summed E-state index contributed by atoms with van der Waals surface area (Å²) < 4.78 is 27.0. The largest absolute Gasteiger partial charge is 0.381 e. The third-order valence-corrected chi connectivity index (χ3v) is 2.77. The summed E-state index contributed by atoms with van der Waals surface area (Å²) >= 11 is 0. The number of hydrogen-bond donors (Lipinski definition) is 1. The van der Waals surface area contributed by atoms with Crippen molar-refractivity contribution in [3.8, 4) is 12.1 Å². The van der Waals surface area contributed by atoms with Crippen LogP contribution in [0.4, 0.5) is 14.5 Å². The van der Waals surface area contributed by atoms with Gasteiger partial charge in [0.15, 0.2) is 0 Å². The molecule has 2 aromatic rings. The Morgan fingerprint density at radius 2 is 1.75 bits per heavy atom. The lowest BCUT2D eigenvalue weighted by molar-refractivity contribution is 0.609. The molecule has 1 N–H and O–H groups in total. The monoisotopic (exact) mass is 269 g/mol. The molecule has 0 saturated carbocycles. The smallest absolute Gasteiger partial charge is 0.145 e. The first-order chi connectivity index (χ1) is 9.65. The highest BCUT2D eigenvalue weighted by molar-refractivity contribution is 5.50. The highest BCUT2D eigenvalue weighted by Gasteiger charge is 2.08. The molecule has 98 valence electrons. The SMILES string of the molecule is N#Cc1cc(NCc2cccc(C#N)c2F)ccc1F. The Morgan fingerprint density at radius 1 is 1.00 bits per heavy atom. The van der Waals surface area contributed by atoms with Gasteiger partial charge in [0.25, 0.3) is 0 Å². The van der Waals surface area contributed by atoms with E-state index in [2.05, 4.69) is 5.32 Å². The number of halogens is 2. The summed E-state index contributed by atoms with van der Waals surface area (Å²) in [6, 6.07) is 12.0. The summed E-state index contributed by atoms with van der Waals surface area (Å²) in [7, 11) is 0. The number of nitriles is 2. The highest BCUT2D eigenvalue weighted by Crippen LogP contribution is 2.17. The normalized spacial score (nSPS) is 9.60. The molecule has 0 amide bonds. The van der Waals surface area contributed by atoms with Crippen LogP contribution < -0.4 is 5.32 Å². The second-order valence-electron chi connectivity index (χ2n) is 4.05. The molecule has 0 bridgehead atoms. The second kappa shape index (κ2) is 5.81. The molecule has 2 rings (SSSR count). The van der Waals surface area contributed by atoms with Crippen molar-refractivity contribution in [1.82, 2.24) is 0 Å². The molecule has 0 aliphatic carbocycles. The molecule has 0 unspecified atom stereocenters. The van der Waals surface area contributed by atoms with Crippen LogP contribution in [0, 0.1) is 34.3 Å². The van der Waals surface area contributed by atoms with Gasteiger partial charge in [0, 0.05) is 17.8 Å². The van der Waals surface area contributed by atoms with Gasteiger partial charge in [0.1, 0.15) is 23.8 Å². The van der Waals surface area contributed by atoms with Crippen molar-refractivity contribution in [2.45, 2.75) is 6.54 Å². The van der Waals surface area contributed by atoms with E-state index in [0.717, 1.165) is 0 Å². The number of hydrogen-bond acceptors (Lipinski definition) is 3. The van der Waals surface area contributed by atoms with E-state index in [1.54, 1.807) is 24.3 Å². The van der Waals surface area contributed by atoms with Gasteiger partial charge in [-0.05, 0) is 24.3 Å². The molecule has 20 heavy (non-hydrogen) atoms. The van der Waals surface area contributed by atoms with E-state index in [1.807, 2.05) is 0 Å². The van der Waals surface area contributed by atoms with Crippen molar-refractivity contribution in [3.05, 3.63) is 64.7 Å². The first-order valence-electron chi connectivity index (χ1n) is 5.76. The minimum Gasteiger partial charge on any atom is -0.381 e. The topological polar surface area (TPSA) is 59.6 Å². The summed E-state index contributed by atoms with van der Waals surface area (Å²) in [5.74, 6) is -1.18. The molecule has 5 heteroatoms. The number of nitrogens with one attached hydrogen (secondary N) is 1. The minimum absolute atomic E-state index is 0.0267. The van der Waals surface area contributed by atoms with Crippen LogP contribution >= 0.6 is 0 Å². The van der Waals surface area contributed by atoms with Gasteiger partial charge in [-0.3, -0.25) is 0 Å². The van der Waals surface area contributed by atoms with E-state index in [-0.39, 0.29) is 17.7 Å². The molecular weight excluding hydrogens is 260 g/mol. The van der Waals surface area contributed by atoms with Gasteiger partial charge in [-0.2, -0.15) is 10.5 Å². The van der Waals surface area contributed by atoms with Crippen LogP contribution in [0.3, 0.4) is 0 Å². The van der Waals surface area contributed by atoms with Crippen LogP contribution in [0.5, 0.6) is 0 Å². The van der Waals surface area contributed by atoms with Gasteiger partial charge in [0.2, 0.25) is 0 Å². The third kappa shape index (κ3) is 2.73. The van der Waals surface area contributed by atoms with Crippen LogP contribution in [0.25, 0.3) is 0 Å². The predicted molar refractivity (Wildman–Crippen MR) is 69.6 cm³/mol. The predicted octanol–water partition coefficient (Wildman–Crippen LogP) is 3.32. The Morgan fingerprint density at radius 3 is 2.45 bits per heavy atom. The number of nitrogens with zero attached hydrogens (tertiary/aromatic N) is 2. The van der Waals surface area contributed by atoms with Crippen LogP contribution in [0.1, 0.15) is 16.7 Å². The molecule has 0 heterocycles. The third-order valence-electron chi connectivity index (χ3n) is 2.77. The average Bonchev–Trinajstić information content (AvgIpc) is 2.47. The quantitative estimate of drug-likeness (QED) is 0.929. The van der Waals surface area contributed by atoms with Gasteiger partial charge in [-0.15, -0.1) is 0 Å². The zero-order valence-electron chi connectivity index (χ0n) is 10.3. The van der Waals surface area contributed by atoms with E-state index in [9.17, 15) is 8.78 Å². The van der Waals surface area contributed by atoms with E-state index < -0.39 is 11.6 Å². The fraction of sp³-hybridized carbons (Fsp3) is 0.0667. The zero-order valence-corrected chi connectivity index (χ0v) is 10.3. The Hall–Kier alpha value is -2.92. The fourth-order valence-corrected chi connectivity index (χ4v) is 1.72. The number of rotatable bonds is 3. The fourth-order valence-electron chi connectivity index (χ4n) is 1.72. The molecule has 0 aliphatic heterocycles. The zero-order chi connectivity index (χ0) is 14.5. The molecule has 0 atom stereocenters. The molecule has 3 nitrogen and oxygen atoms in total. The van der Waals surface area contributed by atoms with Crippen molar-refractivity contribution in [2.24, 2.45) is 0 Å². The summed E-state index contributed by atoms with van der Waals surface area (Å²) in [6.45, 7) is 0.137. The van der Waals surface area contributed by atoms with Gasteiger partial charge >= 0.3 is 0 Å². The summed E-state index contributed by atoms with van der Waals surface area (Å²) in [5.41, 5.74) is 0.721. The van der Waals surface area contributed by atoms with E-state index in [0.29, 0.717) is 11.3 Å². The molecule has 0 spiro atoms. The molecule has 0 saturated heterocycles. The molecule has 0 radical (unpaired) electrons. The van der Waals surface area contributed by atoms with Crippen molar-refractivity contribution >= 4 is 5.69 Å². The molecular formula is C15H9F2N3. The maximum absolute atomic E-state index is 13.8. The Labute approximate surface area is 114 Å². The van der Waals surface area contributed by atoms with Crippen LogP contribution in [0.2, 0.25) is 0 Å². The maximum atomic E-state index is 13.8. The Bertz CT molecular complexity index is 727. The van der Waals surface area contributed by atoms with Crippen LogP contribution in [0.15, 0.2) is 36.4 Å². The minimum atomic E-state index is -0.601. The van der Waals surface area contributed by atoms with Gasteiger partial charge in [-0.1, -0.05) is 12.1 Å². The first-order valence-corrected chi connectivity index (χ1v) is 5.76. The summed E-state index contributed by atoms with van der Waals surface area (Å²) in [4.78, 5) is 0. The lowest BCUT2D eigenvalue weighted by Crippen LogP contribution is -2.03. The highest BCUT2D eigenvalue weighted by atomic mass is 19.1. The maximum Gasteiger partial charge on any atom is 0.145 e. The van der Waals surface area contributed by atoms with Crippen molar-refractivity contribution in [3.63, 3.8) is 0 Å². The van der Waals surface area contributed by atoms with E-state index in [4.69, 9.17) is 10.5 Å². The Kier molecular flexibility index (Phi) is 3.93. The molecule has 2 aromatic carbocycles. The summed E-state index contributed by atoms with van der Waals surface area (Å²) in [6.07, 6.45) is 0. The number of benzene rings is 2. The average molecular weight is 269 g/mol. The molecule has 0 fully saturated rings. The number of anilines is 1. The van der Waals surface area contributed by atoms with Gasteiger partial charge in [-0.25, -0.2) is 8.78 Å². The first kappa shape index (κ1) is 13.5. The van der Waals surface area contributed by atoms with Crippen molar-refractivity contribution in [1.29, 1.82) is 10.5 Å². The Balaban J connectivity index is 2.18. The van der Waals surface area contributed by atoms with Crippen molar-refractivity contribution < 1.29 is 8.78 Å². The standard InChI is InChI=1S/C15H9F2N3/c16-14-5-4-13(6-12(14)8-19)20-9-11-3-1-2-10(7-18)15(11)17/h1-6,20H,9H2. The molecule has 0 aromatic heterocycles. The van der Waals surface area contributed by atoms with Crippen molar-refractivity contribution in [2.75, 3.05) is 5.32 Å². The van der Waals surface area contributed by atoms with E-state index in [1.165, 1.54) is 24.3 Å². The van der Waals surface area contributed by atoms with Gasteiger partial charge in [0.05, 0.1) is 11.1 Å². The van der Waals surface area contributed by atoms with Crippen LogP contribution in [-0.2, 0) is 6.54 Å². The lowest BCUT2D eigenvalue weighted by Gasteiger charge is -2.08. The summed E-state index contributed by atoms with van der Waals surface area (Å²) in [5, 5.41) is 20.4. The van der Waals surface area contributed by atoms with Gasteiger partial charge < -0.3 is 5.32 Å². The molecule has 0 aliphatic rings. The van der Waals surface area contributed by atoms with Crippen LogP contribution in [-0.4, -0.2) is 0 Å². The lowest BCUT2D eigenvalue weighted by atomic mass is 10.1. The second-order valence-corrected chi connectivity index (χ2v) is 4.05.